The zero-order chi connectivity index (χ0) is 67.3. The van der Waals surface area contributed by atoms with E-state index in [4.69, 9.17) is 29.4 Å². The molecule has 0 saturated carbocycles. The summed E-state index contributed by atoms with van der Waals surface area (Å²) in [5.41, 5.74) is 12.9. The van der Waals surface area contributed by atoms with Crippen LogP contribution in [0.3, 0.4) is 0 Å². The van der Waals surface area contributed by atoms with E-state index in [1.165, 1.54) is 0 Å². The van der Waals surface area contributed by atoms with Crippen molar-refractivity contribution in [2.75, 3.05) is 33.2 Å². The van der Waals surface area contributed by atoms with Crippen LogP contribution in [-0.4, -0.2) is 33.1 Å². The first-order valence-corrected chi connectivity index (χ1v) is 34.1. The van der Waals surface area contributed by atoms with Gasteiger partial charge in [0.05, 0.1) is 13.2 Å². The average Bonchev–Trinajstić information content (AvgIpc) is 0.825. The number of anilines is 4. The fourth-order valence-electron chi connectivity index (χ4n) is 12.3. The molecule has 14 aromatic rings. The number of pyridine rings is 8. The van der Waals surface area contributed by atoms with Crippen molar-refractivity contribution in [3.05, 3.63) is 376 Å². The molecule has 0 fully saturated rings. The number of unbranched alkanes of at least 4 members (excludes halogenated alkanes) is 3. The smallest absolute Gasteiger partial charge is 0.200 e. The SMILES string of the molecule is c1ccc(-c2ccc(N(Cc3cc(CN(c4ccc(-c5ccccc5)cn4)[n+]4ccccc4)cc(OCCCCCCOc4cc(CN(c5ccc(-c6ccccc6)cn5)[n+]5ccccc5)cc(CN(c5ccc(-c6ccccc6)cn5)[n+]5ccccc5)c4)c3)[n+]3ccccc3)nc2)cc1. The van der Waals surface area contributed by atoms with Crippen molar-refractivity contribution in [3.63, 3.8) is 0 Å². The quantitative estimate of drug-likeness (QED) is 0.0333. The zero-order valence-corrected chi connectivity index (χ0v) is 55.7. The lowest BCUT2D eigenvalue weighted by Gasteiger charge is -2.21. The van der Waals surface area contributed by atoms with E-state index in [9.17, 15) is 0 Å². The van der Waals surface area contributed by atoms with Gasteiger partial charge in [0, 0.05) is 95.6 Å². The topological polar surface area (TPSA) is 98.5 Å². The van der Waals surface area contributed by atoms with Gasteiger partial charge in [-0.25, -0.2) is 19.9 Å². The van der Waals surface area contributed by atoms with E-state index >= 15 is 0 Å². The van der Waals surface area contributed by atoms with Crippen LogP contribution in [0.15, 0.2) is 353 Å². The lowest BCUT2D eigenvalue weighted by Crippen LogP contribution is -2.54. The standard InChI is InChI=1S/C86H78N12O2/c1(27-53-99-81-57-69(65-95(91-45-19-7-20-46-91)83-41-37-77(61-87-83)73-29-11-3-12-30-73)55-70(58-81)66-96(92-47-21-8-22-48-92)84-42-38-78(62-88-84)74-31-13-4-14-32-74)2-28-54-100-82-59-71(67-97(93-49-23-9-24-50-93)85-43-39-79(63-89-85)75-33-15-5-16-34-75)56-72(60-82)68-98(94-51-25-10-26-52-94)86-44-40-80(64-90-86)76-35-17-6-18-36-76/h3-26,29-52,55-64H,1-2,27-28,53-54,65-68H2/q+4. The van der Waals surface area contributed by atoms with E-state index in [-0.39, 0.29) is 0 Å². The highest BCUT2D eigenvalue weighted by atomic mass is 16.5. The number of ether oxygens (including phenoxy) is 2. The molecule has 14 rings (SSSR count). The van der Waals surface area contributed by atoms with Crippen molar-refractivity contribution in [3.8, 4) is 56.0 Å². The van der Waals surface area contributed by atoms with Crippen LogP contribution in [0.5, 0.6) is 11.5 Å². The molecule has 0 atom stereocenters. The maximum absolute atomic E-state index is 6.81. The zero-order valence-electron chi connectivity index (χ0n) is 55.7. The molecule has 6 aromatic carbocycles. The second kappa shape index (κ2) is 32.4. The highest BCUT2D eigenvalue weighted by molar-refractivity contribution is 5.67. The van der Waals surface area contributed by atoms with Gasteiger partial charge in [-0.15, -0.1) is 20.0 Å². The van der Waals surface area contributed by atoms with Crippen LogP contribution in [0.1, 0.15) is 47.9 Å². The summed E-state index contributed by atoms with van der Waals surface area (Å²) < 4.78 is 22.0. The van der Waals surface area contributed by atoms with Gasteiger partial charge in [-0.1, -0.05) is 176 Å². The predicted molar refractivity (Wildman–Crippen MR) is 394 cm³/mol. The summed E-state index contributed by atoms with van der Waals surface area (Å²) in [6, 6.07) is 96.1. The van der Waals surface area contributed by atoms with Gasteiger partial charge in [-0.05, 0) is 143 Å². The largest absolute Gasteiger partial charge is 0.494 e. The van der Waals surface area contributed by atoms with Crippen LogP contribution in [0.25, 0.3) is 44.5 Å². The van der Waals surface area contributed by atoms with Crippen molar-refractivity contribution in [2.24, 2.45) is 0 Å². The molecule has 0 saturated heterocycles. The average molecular weight is 1310 g/mol. The number of nitrogens with zero attached hydrogens (tertiary/aromatic N) is 12. The lowest BCUT2D eigenvalue weighted by molar-refractivity contribution is -0.686. The van der Waals surface area contributed by atoms with Crippen LogP contribution in [0.4, 0.5) is 23.3 Å². The summed E-state index contributed by atoms with van der Waals surface area (Å²) in [4.78, 5) is 20.3. The van der Waals surface area contributed by atoms with E-state index in [2.05, 4.69) is 270 Å². The minimum Gasteiger partial charge on any atom is -0.494 e. The van der Waals surface area contributed by atoms with Crippen LogP contribution < -0.4 is 48.2 Å². The molecular weight excluding hydrogens is 1230 g/mol. The first kappa shape index (κ1) is 64.6. The van der Waals surface area contributed by atoms with Crippen molar-refractivity contribution in [2.45, 2.75) is 51.9 Å². The molecule has 0 N–H and O–H groups in total. The summed E-state index contributed by atoms with van der Waals surface area (Å²) in [5.74, 6) is 4.84. The molecule has 14 nitrogen and oxygen atoms in total. The van der Waals surface area contributed by atoms with Crippen molar-refractivity contribution < 1.29 is 28.2 Å². The summed E-state index contributed by atoms with van der Waals surface area (Å²) in [6.07, 6.45) is 27.9. The van der Waals surface area contributed by atoms with Crippen molar-refractivity contribution >= 4 is 23.3 Å². The predicted octanol–water partition coefficient (Wildman–Crippen LogP) is 16.0. The number of rotatable bonds is 29. The Morgan fingerprint density at radius 2 is 0.460 bits per heavy atom. The van der Waals surface area contributed by atoms with Crippen LogP contribution in [0, 0.1) is 0 Å². The van der Waals surface area contributed by atoms with E-state index in [1.807, 2.05) is 122 Å². The van der Waals surface area contributed by atoms with Gasteiger partial charge in [0.1, 0.15) is 37.7 Å². The van der Waals surface area contributed by atoms with Crippen molar-refractivity contribution in [1.29, 1.82) is 0 Å². The molecule has 8 aromatic heterocycles. The molecule has 0 bridgehead atoms. The molecular formula is C86H78N12O2+4. The van der Waals surface area contributed by atoms with Gasteiger partial charge in [0.15, 0.2) is 72.8 Å². The molecule has 0 unspecified atom stereocenters. The number of hydrogen-bond donors (Lipinski definition) is 0. The highest BCUT2D eigenvalue weighted by Gasteiger charge is 2.26. The Labute approximate surface area is 585 Å². The maximum atomic E-state index is 6.81. The Morgan fingerprint density at radius 1 is 0.230 bits per heavy atom. The van der Waals surface area contributed by atoms with Gasteiger partial charge in [0.25, 0.3) is 0 Å². The number of benzene rings is 6. The normalized spacial score (nSPS) is 11.0. The lowest BCUT2D eigenvalue weighted by atomic mass is 10.1. The van der Waals surface area contributed by atoms with Crippen LogP contribution in [0.2, 0.25) is 0 Å². The number of hydrogen-bond acceptors (Lipinski definition) is 10. The fraction of sp³-hybridized carbons (Fsp3) is 0.116. The number of aromatic nitrogens is 8. The Balaban J connectivity index is 0.699. The molecule has 0 amide bonds. The molecule has 0 radical (unpaired) electrons. The highest BCUT2D eigenvalue weighted by Crippen LogP contribution is 2.30. The van der Waals surface area contributed by atoms with E-state index in [0.717, 1.165) is 127 Å². The Morgan fingerprint density at radius 3 is 0.680 bits per heavy atom. The minimum atomic E-state index is 0.512. The molecule has 0 aliphatic carbocycles. The second-order valence-corrected chi connectivity index (χ2v) is 24.4. The molecule has 14 heteroatoms. The van der Waals surface area contributed by atoms with Gasteiger partial charge in [-0.3, -0.25) is 0 Å². The second-order valence-electron chi connectivity index (χ2n) is 24.4. The van der Waals surface area contributed by atoms with Gasteiger partial charge in [-0.2, -0.15) is 0 Å². The summed E-state index contributed by atoms with van der Waals surface area (Å²) >= 11 is 0. The Kier molecular flexibility index (Phi) is 20.9. The Hall–Kier alpha value is -12.7. The van der Waals surface area contributed by atoms with Gasteiger partial charge < -0.3 is 9.47 Å². The summed E-state index contributed by atoms with van der Waals surface area (Å²) in [6.45, 7) is 3.15. The minimum absolute atomic E-state index is 0.512. The van der Waals surface area contributed by atoms with Gasteiger partial charge >= 0.3 is 0 Å². The first-order chi connectivity index (χ1) is 49.5. The molecule has 490 valence electrons. The maximum Gasteiger partial charge on any atom is 0.200 e. The monoisotopic (exact) mass is 1310 g/mol. The van der Waals surface area contributed by atoms with Gasteiger partial charge in [0.2, 0.25) is 0 Å². The Bertz CT molecular complexity index is 4210. The fourth-order valence-corrected chi connectivity index (χ4v) is 12.3. The van der Waals surface area contributed by atoms with Crippen molar-refractivity contribution in [1.82, 2.24) is 19.9 Å². The third-order valence-electron chi connectivity index (χ3n) is 17.3. The first-order valence-electron chi connectivity index (χ1n) is 34.1. The molecule has 100 heavy (non-hydrogen) atoms. The molecule has 0 spiro atoms. The third-order valence-corrected chi connectivity index (χ3v) is 17.3. The van der Waals surface area contributed by atoms with Crippen LogP contribution in [-0.2, 0) is 26.2 Å². The molecule has 8 heterocycles. The van der Waals surface area contributed by atoms with E-state index < -0.39 is 0 Å². The molecule has 0 aliphatic rings. The molecule has 0 aliphatic heterocycles. The van der Waals surface area contributed by atoms with E-state index in [1.54, 1.807) is 0 Å². The third kappa shape index (κ3) is 16.7. The van der Waals surface area contributed by atoms with E-state index in [0.29, 0.717) is 39.4 Å². The van der Waals surface area contributed by atoms with Crippen LogP contribution >= 0.6 is 0 Å². The summed E-state index contributed by atoms with van der Waals surface area (Å²) in [5, 5.41) is 8.76. The summed E-state index contributed by atoms with van der Waals surface area (Å²) in [7, 11) is 0.